The van der Waals surface area contributed by atoms with Gasteiger partial charge in [0, 0.05) is 43.6 Å². The van der Waals surface area contributed by atoms with E-state index in [9.17, 15) is 9.59 Å². The van der Waals surface area contributed by atoms with Crippen molar-refractivity contribution in [1.29, 1.82) is 0 Å². The summed E-state index contributed by atoms with van der Waals surface area (Å²) in [6.07, 6.45) is 1.61. The molecule has 34 heavy (non-hydrogen) atoms. The number of nitrogens with zero attached hydrogens (tertiary/aromatic N) is 5. The highest BCUT2D eigenvalue weighted by molar-refractivity contribution is 5.76. The summed E-state index contributed by atoms with van der Waals surface area (Å²) in [5.74, 6) is 0.481. The molecule has 1 amide bonds. The molecule has 172 valence electrons. The van der Waals surface area contributed by atoms with Crippen LogP contribution < -0.4 is 10.5 Å². The number of piperazine rings is 1. The number of benzene rings is 2. The lowest BCUT2D eigenvalue weighted by molar-refractivity contribution is -0.132. The Balaban J connectivity index is 1.29. The molecule has 0 atom stereocenters. The highest BCUT2D eigenvalue weighted by Gasteiger charge is 2.22. The Hall–Kier alpha value is -4.20. The Morgan fingerprint density at radius 2 is 1.62 bits per heavy atom. The summed E-state index contributed by atoms with van der Waals surface area (Å²) in [6, 6.07) is 21.2. The summed E-state index contributed by atoms with van der Waals surface area (Å²) in [4.78, 5) is 34.5. The highest BCUT2D eigenvalue weighted by atomic mass is 16.5. The molecule has 0 N–H and O–H groups in total. The van der Waals surface area contributed by atoms with Gasteiger partial charge in [0.25, 0.3) is 11.4 Å². The number of aromatic nitrogens is 3. The van der Waals surface area contributed by atoms with Gasteiger partial charge in [0.05, 0.1) is 0 Å². The fourth-order valence-electron chi connectivity index (χ4n) is 4.19. The Kier molecular flexibility index (Phi) is 5.95. The molecule has 3 heterocycles. The molecule has 1 saturated heterocycles. The number of aryl methyl sites for hydroxylation is 1. The van der Waals surface area contributed by atoms with Crippen molar-refractivity contribution in [1.82, 2.24) is 19.6 Å². The predicted molar refractivity (Wildman–Crippen MR) is 129 cm³/mol. The second-order valence-electron chi connectivity index (χ2n) is 8.30. The fraction of sp³-hybridized carbons (Fsp3) is 0.231. The SMILES string of the molecule is Cc1ccccc1-c1noc(-c2cccn(CC(=O)N3CCN(c4ccccc4)CC3)c2=O)n1. The van der Waals surface area contributed by atoms with Crippen LogP contribution in [0.3, 0.4) is 0 Å². The van der Waals surface area contributed by atoms with Crippen molar-refractivity contribution in [2.24, 2.45) is 0 Å². The summed E-state index contributed by atoms with van der Waals surface area (Å²) in [6.45, 7) is 4.68. The summed E-state index contributed by atoms with van der Waals surface area (Å²) in [7, 11) is 0. The van der Waals surface area contributed by atoms with Crippen LogP contribution in [0.15, 0.2) is 82.2 Å². The van der Waals surface area contributed by atoms with Gasteiger partial charge in [-0.25, -0.2) is 0 Å². The lowest BCUT2D eigenvalue weighted by Gasteiger charge is -2.36. The van der Waals surface area contributed by atoms with Crippen molar-refractivity contribution in [2.75, 3.05) is 31.1 Å². The van der Waals surface area contributed by atoms with Gasteiger partial charge in [-0.2, -0.15) is 4.98 Å². The van der Waals surface area contributed by atoms with E-state index in [2.05, 4.69) is 27.2 Å². The van der Waals surface area contributed by atoms with E-state index in [0.29, 0.717) is 18.9 Å². The Labute approximate surface area is 197 Å². The number of pyridine rings is 1. The summed E-state index contributed by atoms with van der Waals surface area (Å²) in [5, 5.41) is 4.05. The average molecular weight is 456 g/mol. The van der Waals surface area contributed by atoms with Crippen LogP contribution in [-0.4, -0.2) is 51.7 Å². The first-order valence-electron chi connectivity index (χ1n) is 11.3. The largest absolute Gasteiger partial charge is 0.368 e. The van der Waals surface area contributed by atoms with Gasteiger partial charge in [-0.05, 0) is 36.8 Å². The molecule has 8 heteroatoms. The predicted octanol–water partition coefficient (Wildman–Crippen LogP) is 3.22. The average Bonchev–Trinajstić information content (AvgIpc) is 3.36. The zero-order valence-corrected chi connectivity index (χ0v) is 18.9. The van der Waals surface area contributed by atoms with Gasteiger partial charge >= 0.3 is 0 Å². The van der Waals surface area contributed by atoms with E-state index in [0.717, 1.165) is 29.9 Å². The van der Waals surface area contributed by atoms with E-state index < -0.39 is 0 Å². The molecule has 5 rings (SSSR count). The number of hydrogen-bond acceptors (Lipinski definition) is 6. The van der Waals surface area contributed by atoms with Gasteiger partial charge in [0.1, 0.15) is 12.1 Å². The molecule has 0 bridgehead atoms. The summed E-state index contributed by atoms with van der Waals surface area (Å²) >= 11 is 0. The lowest BCUT2D eigenvalue weighted by atomic mass is 10.1. The first-order chi connectivity index (χ1) is 16.6. The van der Waals surface area contributed by atoms with E-state index in [1.54, 1.807) is 18.3 Å². The van der Waals surface area contributed by atoms with E-state index in [1.165, 1.54) is 4.57 Å². The topological polar surface area (TPSA) is 84.5 Å². The molecule has 2 aromatic carbocycles. The number of amides is 1. The van der Waals surface area contributed by atoms with Gasteiger partial charge in [-0.15, -0.1) is 0 Å². The van der Waals surface area contributed by atoms with Crippen LogP contribution in [0.25, 0.3) is 22.8 Å². The molecule has 1 aliphatic heterocycles. The monoisotopic (exact) mass is 455 g/mol. The molecule has 0 spiro atoms. The van der Waals surface area contributed by atoms with Crippen LogP contribution in [0.5, 0.6) is 0 Å². The van der Waals surface area contributed by atoms with Crippen molar-refractivity contribution in [3.05, 3.63) is 88.8 Å². The molecule has 0 unspecified atom stereocenters. The van der Waals surface area contributed by atoms with Gasteiger partial charge in [-0.3, -0.25) is 9.59 Å². The number of carbonyl (C=O) groups excluding carboxylic acids is 1. The molecule has 2 aromatic heterocycles. The molecule has 8 nitrogen and oxygen atoms in total. The van der Waals surface area contributed by atoms with Crippen molar-refractivity contribution < 1.29 is 9.32 Å². The number of rotatable bonds is 5. The number of para-hydroxylation sites is 1. The van der Waals surface area contributed by atoms with Crippen LogP contribution in [0, 0.1) is 6.92 Å². The molecule has 0 aliphatic carbocycles. The third-order valence-corrected chi connectivity index (χ3v) is 6.12. The fourth-order valence-corrected chi connectivity index (χ4v) is 4.19. The molecular formula is C26H25N5O3. The Bertz CT molecular complexity index is 1350. The zero-order valence-electron chi connectivity index (χ0n) is 18.9. The second kappa shape index (κ2) is 9.35. The minimum atomic E-state index is -0.334. The van der Waals surface area contributed by atoms with Gasteiger partial charge in [0.15, 0.2) is 0 Å². The van der Waals surface area contributed by atoms with Crippen LogP contribution >= 0.6 is 0 Å². The number of hydrogen-bond donors (Lipinski definition) is 0. The third-order valence-electron chi connectivity index (χ3n) is 6.12. The lowest BCUT2D eigenvalue weighted by Crippen LogP contribution is -2.50. The minimum absolute atomic E-state index is 0.0310. The third kappa shape index (κ3) is 4.34. The smallest absolute Gasteiger partial charge is 0.263 e. The summed E-state index contributed by atoms with van der Waals surface area (Å²) < 4.78 is 6.80. The Morgan fingerprint density at radius 1 is 0.912 bits per heavy atom. The zero-order chi connectivity index (χ0) is 23.5. The van der Waals surface area contributed by atoms with Gasteiger partial charge in [-0.1, -0.05) is 47.6 Å². The first kappa shape index (κ1) is 21.6. The Morgan fingerprint density at radius 3 is 2.38 bits per heavy atom. The van der Waals surface area contributed by atoms with Crippen LogP contribution in [0.1, 0.15) is 5.56 Å². The van der Waals surface area contributed by atoms with Crippen molar-refractivity contribution in [2.45, 2.75) is 13.5 Å². The van der Waals surface area contributed by atoms with E-state index in [1.807, 2.05) is 54.3 Å². The van der Waals surface area contributed by atoms with E-state index >= 15 is 0 Å². The standard InChI is InChI=1S/C26H25N5O3/c1-19-8-5-6-11-21(19)24-27-25(34-28-24)22-12-7-13-31(26(22)33)18-23(32)30-16-14-29(15-17-30)20-9-3-2-4-10-20/h2-13H,14-18H2,1H3. The van der Waals surface area contributed by atoms with Crippen molar-refractivity contribution >= 4 is 11.6 Å². The quantitative estimate of drug-likeness (QED) is 0.459. The molecule has 1 fully saturated rings. The van der Waals surface area contributed by atoms with Crippen LogP contribution in [0.4, 0.5) is 5.69 Å². The maximum absolute atomic E-state index is 13.1. The maximum Gasteiger partial charge on any atom is 0.263 e. The van der Waals surface area contributed by atoms with E-state index in [-0.39, 0.29) is 29.5 Å². The number of carbonyl (C=O) groups is 1. The minimum Gasteiger partial charge on any atom is -0.368 e. The number of anilines is 1. The molecule has 4 aromatic rings. The second-order valence-corrected chi connectivity index (χ2v) is 8.30. The maximum atomic E-state index is 13.1. The van der Waals surface area contributed by atoms with Gasteiger partial charge < -0.3 is 18.9 Å². The molecule has 0 saturated carbocycles. The molecular weight excluding hydrogens is 430 g/mol. The van der Waals surface area contributed by atoms with Gasteiger partial charge in [0.2, 0.25) is 11.7 Å². The van der Waals surface area contributed by atoms with Crippen LogP contribution in [-0.2, 0) is 11.3 Å². The van der Waals surface area contributed by atoms with Crippen molar-refractivity contribution in [3.63, 3.8) is 0 Å². The first-order valence-corrected chi connectivity index (χ1v) is 11.3. The normalized spacial score (nSPS) is 13.8. The van der Waals surface area contributed by atoms with Crippen LogP contribution in [0.2, 0.25) is 0 Å². The molecule has 0 radical (unpaired) electrons. The summed E-state index contributed by atoms with van der Waals surface area (Å²) in [5.41, 5.74) is 2.95. The van der Waals surface area contributed by atoms with Crippen molar-refractivity contribution in [3.8, 4) is 22.8 Å². The highest BCUT2D eigenvalue weighted by Crippen LogP contribution is 2.23. The molecule has 1 aliphatic rings. The van der Waals surface area contributed by atoms with E-state index in [4.69, 9.17) is 4.52 Å².